The Hall–Kier alpha value is -1.93. The first-order chi connectivity index (χ1) is 9.32. The summed E-state index contributed by atoms with van der Waals surface area (Å²) in [5, 5.41) is 20.5. The summed E-state index contributed by atoms with van der Waals surface area (Å²) in [6, 6.07) is 2.24. The minimum Gasteiger partial charge on any atom is -0.480 e. The number of rotatable bonds is 4. The Morgan fingerprint density at radius 2 is 2.25 bits per heavy atom. The highest BCUT2D eigenvalue weighted by Gasteiger charge is 2.24. The van der Waals surface area contributed by atoms with Gasteiger partial charge in [0.1, 0.15) is 6.04 Å². The van der Waals surface area contributed by atoms with Crippen molar-refractivity contribution in [3.63, 3.8) is 0 Å². The van der Waals surface area contributed by atoms with Gasteiger partial charge in [-0.05, 0) is 33.6 Å². The van der Waals surface area contributed by atoms with Gasteiger partial charge in [0, 0.05) is 19.7 Å². The van der Waals surface area contributed by atoms with E-state index >= 15 is 0 Å². The maximum atomic E-state index is 11.2. The molecule has 0 fully saturated rings. The van der Waals surface area contributed by atoms with Crippen LogP contribution in [-0.4, -0.2) is 26.6 Å². The lowest BCUT2D eigenvalue weighted by molar-refractivity contribution is -0.383. The highest BCUT2D eigenvalue weighted by atomic mass is 79.9. The molecule has 0 amide bonds. The number of halogens is 1. The summed E-state index contributed by atoms with van der Waals surface area (Å²) in [7, 11) is 1.75. The number of hydrogen-bond acceptors (Lipinski definition) is 4. The lowest BCUT2D eigenvalue weighted by Crippen LogP contribution is -2.32. The molecule has 1 atom stereocenters. The zero-order chi connectivity index (χ0) is 15.0. The number of carboxylic acids is 1. The van der Waals surface area contributed by atoms with Gasteiger partial charge in [0.2, 0.25) is 0 Å². The van der Waals surface area contributed by atoms with Gasteiger partial charge in [-0.15, -0.1) is 0 Å². The molecule has 1 heterocycles. The Kier molecular flexibility index (Phi) is 3.78. The third-order valence-electron chi connectivity index (χ3n) is 3.10. The van der Waals surface area contributed by atoms with Crippen molar-refractivity contribution in [3.05, 3.63) is 38.5 Å². The molecule has 1 aromatic carbocycles. The Morgan fingerprint density at radius 1 is 1.60 bits per heavy atom. The van der Waals surface area contributed by atoms with E-state index in [0.717, 1.165) is 0 Å². The topological polar surface area (TPSA) is 111 Å². The number of benzene rings is 1. The van der Waals surface area contributed by atoms with Crippen LogP contribution in [0.5, 0.6) is 0 Å². The van der Waals surface area contributed by atoms with Crippen molar-refractivity contribution in [1.29, 1.82) is 0 Å². The smallest absolute Gasteiger partial charge is 0.320 e. The lowest BCUT2D eigenvalue weighted by atomic mass is 10.0. The van der Waals surface area contributed by atoms with Crippen molar-refractivity contribution in [2.24, 2.45) is 12.8 Å². The fraction of sp³-hybridized carbons (Fsp3) is 0.250. The van der Waals surface area contributed by atoms with E-state index in [1.54, 1.807) is 29.9 Å². The van der Waals surface area contributed by atoms with Gasteiger partial charge in [-0.3, -0.25) is 14.9 Å². The number of nitrogens with two attached hydrogens (primary N) is 1. The maximum Gasteiger partial charge on any atom is 0.320 e. The molecular weight excluding hydrogens is 330 g/mol. The van der Waals surface area contributed by atoms with Crippen molar-refractivity contribution in [3.8, 4) is 0 Å². The van der Waals surface area contributed by atoms with Gasteiger partial charge in [-0.25, -0.2) is 0 Å². The summed E-state index contributed by atoms with van der Waals surface area (Å²) in [5.74, 6) is -1.14. The van der Waals surface area contributed by atoms with E-state index in [-0.39, 0.29) is 12.1 Å². The zero-order valence-electron chi connectivity index (χ0n) is 10.5. The molecule has 0 saturated heterocycles. The molecule has 0 aliphatic rings. The van der Waals surface area contributed by atoms with Crippen LogP contribution in [0.25, 0.3) is 10.9 Å². The molecular formula is C12H12BrN3O4. The van der Waals surface area contributed by atoms with Crippen LogP contribution in [0, 0.1) is 10.1 Å². The number of fused-ring (bicyclic) bond motifs is 1. The standard InChI is InChI=1S/C12H12BrN3O4/c1-15-5-6(4-8(14)12(17)18)10-9(15)3-2-7(13)11(10)16(19)20/h2-3,5,8H,4,14H2,1H3,(H,17,18). The van der Waals surface area contributed by atoms with E-state index in [0.29, 0.717) is 20.9 Å². The molecule has 3 N–H and O–H groups in total. The van der Waals surface area contributed by atoms with E-state index in [9.17, 15) is 14.9 Å². The van der Waals surface area contributed by atoms with Crippen LogP contribution in [0.15, 0.2) is 22.8 Å². The molecule has 1 unspecified atom stereocenters. The first kappa shape index (κ1) is 14.5. The summed E-state index contributed by atoms with van der Waals surface area (Å²) < 4.78 is 2.07. The van der Waals surface area contributed by atoms with Crippen molar-refractivity contribution in [2.75, 3.05) is 0 Å². The van der Waals surface area contributed by atoms with Crippen molar-refractivity contribution in [1.82, 2.24) is 4.57 Å². The predicted molar refractivity (Wildman–Crippen MR) is 76.6 cm³/mol. The van der Waals surface area contributed by atoms with Crippen molar-refractivity contribution in [2.45, 2.75) is 12.5 Å². The van der Waals surface area contributed by atoms with Gasteiger partial charge >= 0.3 is 5.97 Å². The third-order valence-corrected chi connectivity index (χ3v) is 3.74. The van der Waals surface area contributed by atoms with Crippen LogP contribution in [-0.2, 0) is 18.3 Å². The van der Waals surface area contributed by atoms with Gasteiger partial charge in [0.15, 0.2) is 0 Å². The second-order valence-electron chi connectivity index (χ2n) is 4.46. The summed E-state index contributed by atoms with van der Waals surface area (Å²) in [5.41, 5.74) is 6.66. The Bertz CT molecular complexity index is 710. The van der Waals surface area contributed by atoms with Crippen LogP contribution in [0.2, 0.25) is 0 Å². The molecule has 2 aromatic rings. The van der Waals surface area contributed by atoms with Crippen LogP contribution >= 0.6 is 15.9 Å². The highest BCUT2D eigenvalue weighted by molar-refractivity contribution is 9.10. The zero-order valence-corrected chi connectivity index (χ0v) is 12.1. The highest BCUT2D eigenvalue weighted by Crippen LogP contribution is 2.36. The molecule has 20 heavy (non-hydrogen) atoms. The average Bonchev–Trinajstić information content (AvgIpc) is 2.65. The first-order valence-corrected chi connectivity index (χ1v) is 6.51. The molecule has 7 nitrogen and oxygen atoms in total. The molecule has 0 bridgehead atoms. The second-order valence-corrected chi connectivity index (χ2v) is 5.32. The molecule has 0 aliphatic carbocycles. The fourth-order valence-electron chi connectivity index (χ4n) is 2.19. The monoisotopic (exact) mass is 341 g/mol. The van der Waals surface area contributed by atoms with Crippen molar-refractivity contribution >= 4 is 38.5 Å². The van der Waals surface area contributed by atoms with E-state index < -0.39 is 16.9 Å². The molecule has 0 radical (unpaired) electrons. The number of aromatic nitrogens is 1. The number of hydrogen-bond donors (Lipinski definition) is 2. The second kappa shape index (κ2) is 5.22. The average molecular weight is 342 g/mol. The van der Waals surface area contributed by atoms with E-state index in [1.807, 2.05) is 0 Å². The Morgan fingerprint density at radius 3 is 2.80 bits per heavy atom. The predicted octanol–water partition coefficient (Wildman–Crippen LogP) is 1.80. The Labute approximate surface area is 122 Å². The third kappa shape index (κ3) is 2.39. The molecule has 1 aromatic heterocycles. The molecule has 0 aliphatic heterocycles. The number of nitro benzene ring substituents is 1. The molecule has 0 saturated carbocycles. The SMILES string of the molecule is Cn1cc(CC(N)C(=O)O)c2c([N+](=O)[O-])c(Br)ccc21. The van der Waals surface area contributed by atoms with Crippen LogP contribution in [0.1, 0.15) is 5.56 Å². The van der Waals surface area contributed by atoms with Gasteiger partial charge in [-0.1, -0.05) is 0 Å². The van der Waals surface area contributed by atoms with Crippen LogP contribution in [0.3, 0.4) is 0 Å². The number of nitrogens with zero attached hydrogens (tertiary/aromatic N) is 2. The van der Waals surface area contributed by atoms with Crippen LogP contribution < -0.4 is 5.73 Å². The molecule has 106 valence electrons. The number of aliphatic carboxylic acids is 1. The largest absolute Gasteiger partial charge is 0.480 e. The van der Waals surface area contributed by atoms with Gasteiger partial charge in [-0.2, -0.15) is 0 Å². The van der Waals surface area contributed by atoms with Gasteiger partial charge in [0.25, 0.3) is 5.69 Å². The first-order valence-electron chi connectivity index (χ1n) is 5.72. The number of aryl methyl sites for hydroxylation is 1. The quantitative estimate of drug-likeness (QED) is 0.650. The maximum absolute atomic E-state index is 11.2. The minimum absolute atomic E-state index is 0.0317. The lowest BCUT2D eigenvalue weighted by Gasteiger charge is -2.05. The molecule has 2 rings (SSSR count). The van der Waals surface area contributed by atoms with E-state index in [2.05, 4.69) is 15.9 Å². The summed E-state index contributed by atoms with van der Waals surface area (Å²) in [6.45, 7) is 0. The van der Waals surface area contributed by atoms with Gasteiger partial charge < -0.3 is 15.4 Å². The summed E-state index contributed by atoms with van der Waals surface area (Å²) >= 11 is 3.16. The minimum atomic E-state index is -1.14. The Balaban J connectivity index is 2.69. The summed E-state index contributed by atoms with van der Waals surface area (Å²) in [4.78, 5) is 21.6. The normalized spacial score (nSPS) is 12.6. The summed E-state index contributed by atoms with van der Waals surface area (Å²) in [6.07, 6.45) is 1.71. The number of carbonyl (C=O) groups is 1. The molecule has 0 spiro atoms. The fourth-order valence-corrected chi connectivity index (χ4v) is 2.67. The van der Waals surface area contributed by atoms with Gasteiger partial charge in [0.05, 0.1) is 20.3 Å². The van der Waals surface area contributed by atoms with Crippen LogP contribution in [0.4, 0.5) is 5.69 Å². The van der Waals surface area contributed by atoms with E-state index in [1.165, 1.54) is 0 Å². The number of nitro groups is 1. The van der Waals surface area contributed by atoms with Crippen molar-refractivity contribution < 1.29 is 14.8 Å². The molecule has 8 heteroatoms. The van der Waals surface area contributed by atoms with E-state index in [4.69, 9.17) is 10.8 Å². The number of carboxylic acid groups (broad SMARTS) is 1.